The van der Waals surface area contributed by atoms with Crippen LogP contribution in [0.15, 0.2) is 0 Å². The molecular weight excluding hydrogens is 302 g/mol. The van der Waals surface area contributed by atoms with Gasteiger partial charge in [-0.15, -0.1) is 0 Å². The molecular formula is C12H28IP. The molecule has 0 rings (SSSR count). The fourth-order valence-corrected chi connectivity index (χ4v) is 2.72. The van der Waals surface area contributed by atoms with Crippen LogP contribution >= 0.6 is 7.26 Å². The maximum absolute atomic E-state index is 2.45. The van der Waals surface area contributed by atoms with Gasteiger partial charge in [-0.25, -0.2) is 0 Å². The van der Waals surface area contributed by atoms with Crippen LogP contribution < -0.4 is 24.0 Å². The van der Waals surface area contributed by atoms with Crippen LogP contribution in [0.25, 0.3) is 0 Å². The van der Waals surface area contributed by atoms with Crippen LogP contribution in [-0.2, 0) is 0 Å². The summed E-state index contributed by atoms with van der Waals surface area (Å²) in [7, 11) is -0.477. The van der Waals surface area contributed by atoms with E-state index in [1.165, 1.54) is 51.1 Å². The van der Waals surface area contributed by atoms with Crippen LogP contribution in [0.4, 0.5) is 0 Å². The lowest BCUT2D eigenvalue weighted by atomic mass is 10.1. The SMILES string of the molecule is CCCCCCCCC[P+](C)(C)C.[I-]. The molecule has 0 unspecified atom stereocenters. The summed E-state index contributed by atoms with van der Waals surface area (Å²) in [6.45, 7) is 9.63. The van der Waals surface area contributed by atoms with Crippen LogP contribution in [0.5, 0.6) is 0 Å². The third kappa shape index (κ3) is 15.6. The second-order valence-electron chi connectivity index (χ2n) is 5.14. The van der Waals surface area contributed by atoms with Gasteiger partial charge in [0.05, 0.1) is 6.16 Å². The fourth-order valence-electron chi connectivity index (χ4n) is 1.54. The van der Waals surface area contributed by atoms with Crippen molar-refractivity contribution < 1.29 is 24.0 Å². The zero-order valence-electron chi connectivity index (χ0n) is 10.5. The highest BCUT2D eigenvalue weighted by Gasteiger charge is 2.15. The average molecular weight is 330 g/mol. The molecule has 0 saturated heterocycles. The fraction of sp³-hybridized carbons (Fsp3) is 1.00. The summed E-state index contributed by atoms with van der Waals surface area (Å²) >= 11 is 0. The molecule has 0 heterocycles. The van der Waals surface area contributed by atoms with Gasteiger partial charge < -0.3 is 24.0 Å². The Kier molecular flexibility index (Phi) is 13.4. The van der Waals surface area contributed by atoms with E-state index in [0.717, 1.165) is 0 Å². The first-order chi connectivity index (χ1) is 6.06. The van der Waals surface area contributed by atoms with Gasteiger partial charge in [0.2, 0.25) is 0 Å². The predicted molar refractivity (Wildman–Crippen MR) is 67.6 cm³/mol. The summed E-state index contributed by atoms with van der Waals surface area (Å²) < 4.78 is 0. The van der Waals surface area contributed by atoms with Gasteiger partial charge in [0.1, 0.15) is 0 Å². The molecule has 0 nitrogen and oxygen atoms in total. The third-order valence-corrected chi connectivity index (χ3v) is 4.09. The van der Waals surface area contributed by atoms with E-state index in [0.29, 0.717) is 0 Å². The highest BCUT2D eigenvalue weighted by atomic mass is 127. The van der Waals surface area contributed by atoms with Gasteiger partial charge in [-0.1, -0.05) is 39.0 Å². The molecule has 0 atom stereocenters. The predicted octanol–water partition coefficient (Wildman–Crippen LogP) is 1.65. The Morgan fingerprint density at radius 1 is 0.714 bits per heavy atom. The van der Waals surface area contributed by atoms with Gasteiger partial charge in [-0.2, -0.15) is 0 Å². The monoisotopic (exact) mass is 330 g/mol. The number of hydrogen-bond donors (Lipinski definition) is 0. The molecule has 0 radical (unpaired) electrons. The van der Waals surface area contributed by atoms with Crippen molar-refractivity contribution in [3.8, 4) is 0 Å². The summed E-state index contributed by atoms with van der Waals surface area (Å²) in [6, 6.07) is 0. The Morgan fingerprint density at radius 3 is 1.57 bits per heavy atom. The molecule has 0 fully saturated rings. The van der Waals surface area contributed by atoms with Crippen molar-refractivity contribution in [1.82, 2.24) is 0 Å². The molecule has 0 spiro atoms. The zero-order valence-corrected chi connectivity index (χ0v) is 13.5. The average Bonchev–Trinajstić information content (AvgIpc) is 2.01. The minimum atomic E-state index is -0.477. The largest absolute Gasteiger partial charge is 1.00 e. The van der Waals surface area contributed by atoms with Crippen LogP contribution in [0.2, 0.25) is 0 Å². The lowest BCUT2D eigenvalue weighted by Gasteiger charge is -2.10. The minimum Gasteiger partial charge on any atom is -1.00 e. The minimum absolute atomic E-state index is 0. The highest BCUT2D eigenvalue weighted by molar-refractivity contribution is 7.73. The van der Waals surface area contributed by atoms with E-state index < -0.39 is 7.26 Å². The standard InChI is InChI=1S/C12H28P.HI/c1-5-6-7-8-9-10-11-12-13(2,3)4;/h5-12H2,1-4H3;1H/q+1;/p-1. The summed E-state index contributed by atoms with van der Waals surface area (Å²) in [6.07, 6.45) is 11.7. The molecule has 0 aromatic carbocycles. The van der Waals surface area contributed by atoms with Crippen molar-refractivity contribution in [2.75, 3.05) is 26.2 Å². The van der Waals surface area contributed by atoms with Gasteiger partial charge in [0.25, 0.3) is 0 Å². The Hall–Kier alpha value is 1.16. The summed E-state index contributed by atoms with van der Waals surface area (Å²) in [5.41, 5.74) is 0. The lowest BCUT2D eigenvalue weighted by molar-refractivity contribution is -0.00000323. The zero-order chi connectivity index (χ0) is 10.2. The second kappa shape index (κ2) is 10.7. The molecule has 0 aromatic heterocycles. The van der Waals surface area contributed by atoms with Gasteiger partial charge in [0.15, 0.2) is 0 Å². The molecule has 0 saturated carbocycles. The molecule has 2 heteroatoms. The second-order valence-corrected chi connectivity index (χ2v) is 10.2. The van der Waals surface area contributed by atoms with Crippen LogP contribution in [0.1, 0.15) is 51.9 Å². The van der Waals surface area contributed by atoms with E-state index in [1.54, 1.807) is 0 Å². The van der Waals surface area contributed by atoms with E-state index in [1.807, 2.05) is 0 Å². The van der Waals surface area contributed by atoms with E-state index in [2.05, 4.69) is 26.9 Å². The smallest absolute Gasteiger partial charge is 0.0586 e. The number of rotatable bonds is 8. The number of hydrogen-bond acceptors (Lipinski definition) is 0. The Bertz CT molecular complexity index is 107. The molecule has 0 aliphatic carbocycles. The van der Waals surface area contributed by atoms with E-state index in [-0.39, 0.29) is 24.0 Å². The number of unbranched alkanes of at least 4 members (excludes halogenated alkanes) is 6. The molecule has 14 heavy (non-hydrogen) atoms. The maximum atomic E-state index is 2.45. The first-order valence-corrected chi connectivity index (χ1v) is 9.18. The highest BCUT2D eigenvalue weighted by Crippen LogP contribution is 2.47. The molecule has 0 aromatic rings. The maximum Gasteiger partial charge on any atom is 0.0586 e. The van der Waals surface area contributed by atoms with Crippen LogP contribution in [-0.4, -0.2) is 26.2 Å². The van der Waals surface area contributed by atoms with Gasteiger partial charge in [-0.05, 0) is 12.8 Å². The van der Waals surface area contributed by atoms with Crippen LogP contribution in [0.3, 0.4) is 0 Å². The van der Waals surface area contributed by atoms with Gasteiger partial charge in [0, 0.05) is 27.3 Å². The van der Waals surface area contributed by atoms with Crippen molar-refractivity contribution >= 4 is 7.26 Å². The molecule has 0 N–H and O–H groups in total. The Balaban J connectivity index is 0. The van der Waals surface area contributed by atoms with E-state index >= 15 is 0 Å². The quantitative estimate of drug-likeness (QED) is 0.361. The van der Waals surface area contributed by atoms with Crippen molar-refractivity contribution in [2.45, 2.75) is 51.9 Å². The van der Waals surface area contributed by atoms with Crippen molar-refractivity contribution in [1.29, 1.82) is 0 Å². The van der Waals surface area contributed by atoms with Gasteiger partial charge in [-0.3, -0.25) is 0 Å². The summed E-state index contributed by atoms with van der Waals surface area (Å²) in [5.74, 6) is 0. The molecule has 0 bridgehead atoms. The molecule has 0 aliphatic rings. The molecule has 88 valence electrons. The van der Waals surface area contributed by atoms with E-state index in [4.69, 9.17) is 0 Å². The van der Waals surface area contributed by atoms with Crippen molar-refractivity contribution in [2.24, 2.45) is 0 Å². The van der Waals surface area contributed by atoms with Crippen molar-refractivity contribution in [3.63, 3.8) is 0 Å². The first kappa shape index (κ1) is 17.6. The summed E-state index contributed by atoms with van der Waals surface area (Å²) in [4.78, 5) is 0. The molecule has 0 amide bonds. The Labute approximate surface area is 109 Å². The summed E-state index contributed by atoms with van der Waals surface area (Å²) in [5, 5.41) is 0. The topological polar surface area (TPSA) is 0 Å². The third-order valence-electron chi connectivity index (χ3n) is 2.43. The van der Waals surface area contributed by atoms with Crippen LogP contribution in [0, 0.1) is 0 Å². The Morgan fingerprint density at radius 2 is 1.14 bits per heavy atom. The van der Waals surface area contributed by atoms with Crippen molar-refractivity contribution in [3.05, 3.63) is 0 Å². The first-order valence-electron chi connectivity index (χ1n) is 5.86. The normalized spacial score (nSPS) is 11.1. The lowest BCUT2D eigenvalue weighted by Crippen LogP contribution is -3.00. The number of halogens is 1. The van der Waals surface area contributed by atoms with E-state index in [9.17, 15) is 0 Å². The van der Waals surface area contributed by atoms with Gasteiger partial charge >= 0.3 is 0 Å². The molecule has 0 aliphatic heterocycles.